The van der Waals surface area contributed by atoms with E-state index >= 15 is 0 Å². The normalized spacial score (nSPS) is 21.4. The number of hydrogen-bond donors (Lipinski definition) is 3. The summed E-state index contributed by atoms with van der Waals surface area (Å²) in [5, 5.41) is 14.7. The van der Waals surface area contributed by atoms with Gasteiger partial charge in [-0.3, -0.25) is 14.4 Å². The highest BCUT2D eigenvalue weighted by molar-refractivity contribution is 8.01. The van der Waals surface area contributed by atoms with Crippen molar-refractivity contribution in [3.63, 3.8) is 0 Å². The standard InChI is InChI=1S/C28H27N3O9S/c1-28(2)21(26(35)36)31-24(34)20(25(31)41-28)30-23(33)19(13-8-6-5-7-9-13)29-22(32)16-12-15-17(39-4)10-14(38-3)11-18(15)40-27(16)37/h5-12,19-21,25H,1-4H3,(H,29,32)(H,30,33)(H,35,36)/t19?,20-,21+,25-/m1/s1. The number of nitrogens with one attached hydrogen (secondary N) is 2. The number of carboxylic acid groups (broad SMARTS) is 1. The first-order chi connectivity index (χ1) is 19.5. The number of β-lactam (4-membered cyclic amide) rings is 1. The van der Waals surface area contributed by atoms with Gasteiger partial charge < -0.3 is 34.5 Å². The molecule has 12 nitrogen and oxygen atoms in total. The molecule has 0 radical (unpaired) electrons. The van der Waals surface area contributed by atoms with Gasteiger partial charge in [0.1, 0.15) is 46.1 Å². The van der Waals surface area contributed by atoms with Gasteiger partial charge in [0.15, 0.2) is 0 Å². The number of hydrogen-bond acceptors (Lipinski definition) is 9. The van der Waals surface area contributed by atoms with Crippen molar-refractivity contribution in [3.05, 3.63) is 70.1 Å². The third-order valence-corrected chi connectivity index (χ3v) is 8.70. The van der Waals surface area contributed by atoms with Crippen LogP contribution in [0.4, 0.5) is 0 Å². The molecule has 2 aromatic carbocycles. The van der Waals surface area contributed by atoms with Crippen LogP contribution in [0.2, 0.25) is 0 Å². The SMILES string of the molecule is COc1cc(OC)c2cc(C(=O)NC(C(=O)N[C@@H]3C(=O)N4[C@@H]3SC(C)(C)[C@@H]4C(=O)O)c3ccccc3)c(=O)oc2c1. The van der Waals surface area contributed by atoms with Crippen molar-refractivity contribution in [2.24, 2.45) is 0 Å². The summed E-state index contributed by atoms with van der Waals surface area (Å²) in [6.45, 7) is 3.46. The maximum absolute atomic E-state index is 13.5. The molecule has 41 heavy (non-hydrogen) atoms. The first kappa shape index (κ1) is 28.0. The Morgan fingerprint density at radius 1 is 1.07 bits per heavy atom. The van der Waals surface area contributed by atoms with E-state index < -0.39 is 57.6 Å². The fourth-order valence-corrected chi connectivity index (χ4v) is 6.77. The molecule has 13 heteroatoms. The van der Waals surface area contributed by atoms with Gasteiger partial charge in [-0.15, -0.1) is 11.8 Å². The lowest BCUT2D eigenvalue weighted by molar-refractivity contribution is -0.161. The Kier molecular flexibility index (Phi) is 7.15. The lowest BCUT2D eigenvalue weighted by Gasteiger charge is -2.44. The molecule has 0 aliphatic carbocycles. The molecule has 1 aromatic heterocycles. The first-order valence-electron chi connectivity index (χ1n) is 12.6. The van der Waals surface area contributed by atoms with Crippen LogP contribution in [-0.4, -0.2) is 70.1 Å². The molecule has 4 atom stereocenters. The number of amides is 3. The highest BCUT2D eigenvalue weighted by atomic mass is 32.2. The third-order valence-electron chi connectivity index (χ3n) is 7.13. The number of carbonyl (C=O) groups excluding carboxylic acids is 3. The van der Waals surface area contributed by atoms with E-state index in [2.05, 4.69) is 10.6 Å². The van der Waals surface area contributed by atoms with Crippen LogP contribution in [0.25, 0.3) is 11.0 Å². The predicted octanol–water partition coefficient (Wildman–Crippen LogP) is 1.91. The van der Waals surface area contributed by atoms with E-state index in [-0.39, 0.29) is 11.1 Å². The minimum absolute atomic E-state index is 0.143. The van der Waals surface area contributed by atoms with Gasteiger partial charge in [0, 0.05) is 16.9 Å². The van der Waals surface area contributed by atoms with Crippen molar-refractivity contribution in [2.45, 2.75) is 42.1 Å². The van der Waals surface area contributed by atoms with Crippen LogP contribution < -0.4 is 25.7 Å². The van der Waals surface area contributed by atoms with Crippen LogP contribution in [0.1, 0.15) is 35.8 Å². The van der Waals surface area contributed by atoms with E-state index in [1.54, 1.807) is 50.2 Å². The zero-order chi connectivity index (χ0) is 29.6. The molecule has 2 fully saturated rings. The molecule has 0 saturated carbocycles. The van der Waals surface area contributed by atoms with Gasteiger partial charge in [-0.25, -0.2) is 9.59 Å². The number of carboxylic acids is 1. The molecule has 2 saturated heterocycles. The molecule has 3 aromatic rings. The van der Waals surface area contributed by atoms with Crippen LogP contribution in [0, 0.1) is 0 Å². The van der Waals surface area contributed by atoms with Crippen LogP contribution in [0.15, 0.2) is 57.7 Å². The fraction of sp³-hybridized carbons (Fsp3) is 0.321. The molecule has 2 aliphatic heterocycles. The highest BCUT2D eigenvalue weighted by Crippen LogP contribution is 2.50. The molecule has 0 bridgehead atoms. The molecular weight excluding hydrogens is 554 g/mol. The molecule has 3 N–H and O–H groups in total. The van der Waals surface area contributed by atoms with Crippen molar-refractivity contribution >= 4 is 46.4 Å². The highest BCUT2D eigenvalue weighted by Gasteiger charge is 2.64. The predicted molar refractivity (Wildman–Crippen MR) is 148 cm³/mol. The summed E-state index contributed by atoms with van der Waals surface area (Å²) in [4.78, 5) is 65.7. The van der Waals surface area contributed by atoms with Gasteiger partial charge in [-0.1, -0.05) is 30.3 Å². The minimum Gasteiger partial charge on any atom is -0.496 e. The number of nitrogens with zero attached hydrogens (tertiary/aromatic N) is 1. The number of ether oxygens (including phenoxy) is 2. The summed E-state index contributed by atoms with van der Waals surface area (Å²) in [7, 11) is 2.86. The fourth-order valence-electron chi connectivity index (χ4n) is 5.14. The number of carbonyl (C=O) groups is 4. The van der Waals surface area contributed by atoms with Crippen LogP contribution in [-0.2, 0) is 14.4 Å². The van der Waals surface area contributed by atoms with E-state index in [4.69, 9.17) is 13.9 Å². The largest absolute Gasteiger partial charge is 0.496 e. The Morgan fingerprint density at radius 3 is 2.41 bits per heavy atom. The zero-order valence-corrected chi connectivity index (χ0v) is 23.3. The van der Waals surface area contributed by atoms with Crippen molar-refractivity contribution in [1.29, 1.82) is 0 Å². The second kappa shape index (κ2) is 10.5. The van der Waals surface area contributed by atoms with Gasteiger partial charge in [0.2, 0.25) is 11.8 Å². The van der Waals surface area contributed by atoms with Gasteiger partial charge in [-0.2, -0.15) is 0 Å². The molecule has 5 rings (SSSR count). The summed E-state index contributed by atoms with van der Waals surface area (Å²) < 4.78 is 15.2. The quantitative estimate of drug-likeness (QED) is 0.264. The Balaban J connectivity index is 1.42. The number of thioether (sulfide) groups is 1. The molecule has 1 unspecified atom stereocenters. The van der Waals surface area contributed by atoms with Gasteiger partial charge >= 0.3 is 11.6 Å². The minimum atomic E-state index is -1.28. The number of rotatable bonds is 8. The van der Waals surface area contributed by atoms with Crippen LogP contribution in [0.3, 0.4) is 0 Å². The van der Waals surface area contributed by atoms with E-state index in [0.29, 0.717) is 22.4 Å². The first-order valence-corrected chi connectivity index (χ1v) is 13.4. The van der Waals surface area contributed by atoms with Gasteiger partial charge in [0.25, 0.3) is 5.91 Å². The maximum atomic E-state index is 13.5. The third kappa shape index (κ3) is 4.86. The smallest absolute Gasteiger partial charge is 0.349 e. The zero-order valence-electron chi connectivity index (χ0n) is 22.5. The second-order valence-electron chi connectivity index (χ2n) is 10.1. The van der Waals surface area contributed by atoms with Crippen molar-refractivity contribution in [1.82, 2.24) is 15.5 Å². The average Bonchev–Trinajstić information content (AvgIpc) is 3.21. The van der Waals surface area contributed by atoms with Crippen molar-refractivity contribution in [3.8, 4) is 11.5 Å². The summed E-state index contributed by atoms with van der Waals surface area (Å²) >= 11 is 1.28. The second-order valence-corrected chi connectivity index (χ2v) is 11.9. The van der Waals surface area contributed by atoms with Gasteiger partial charge in [0.05, 0.1) is 19.6 Å². The Labute approximate surface area is 238 Å². The number of benzene rings is 2. The molecule has 3 amide bonds. The van der Waals surface area contributed by atoms with Crippen LogP contribution >= 0.6 is 11.8 Å². The number of methoxy groups -OCH3 is 2. The molecule has 214 valence electrons. The molecular formula is C28H27N3O9S. The lowest BCUT2D eigenvalue weighted by atomic mass is 9.95. The maximum Gasteiger partial charge on any atom is 0.349 e. The molecule has 0 spiro atoms. The lowest BCUT2D eigenvalue weighted by Crippen LogP contribution is -2.71. The van der Waals surface area contributed by atoms with E-state index in [9.17, 15) is 29.1 Å². The van der Waals surface area contributed by atoms with E-state index in [0.717, 1.165) is 0 Å². The Hall–Kier alpha value is -4.52. The van der Waals surface area contributed by atoms with Crippen LogP contribution in [0.5, 0.6) is 11.5 Å². The summed E-state index contributed by atoms with van der Waals surface area (Å²) in [5.41, 5.74) is -0.758. The topological polar surface area (TPSA) is 164 Å². The monoisotopic (exact) mass is 581 g/mol. The Morgan fingerprint density at radius 2 is 1.78 bits per heavy atom. The van der Waals surface area contributed by atoms with Crippen molar-refractivity contribution < 1.29 is 38.2 Å². The average molecular weight is 582 g/mol. The summed E-state index contributed by atoms with van der Waals surface area (Å²) in [6.07, 6.45) is 0. The number of aliphatic carboxylic acids is 1. The van der Waals surface area contributed by atoms with E-state index in [1.807, 2.05) is 0 Å². The van der Waals surface area contributed by atoms with Crippen molar-refractivity contribution in [2.75, 3.05) is 14.2 Å². The van der Waals surface area contributed by atoms with Gasteiger partial charge in [-0.05, 0) is 25.5 Å². The van der Waals surface area contributed by atoms with E-state index in [1.165, 1.54) is 43.0 Å². The Bertz CT molecular complexity index is 1620. The molecule has 2 aliphatic rings. The number of fused-ring (bicyclic) bond motifs is 2. The summed E-state index contributed by atoms with van der Waals surface area (Å²) in [6, 6.07) is 9.38. The molecule has 3 heterocycles. The summed E-state index contributed by atoms with van der Waals surface area (Å²) in [5.74, 6) is -2.54.